The molecule has 0 saturated carbocycles. The fourth-order valence-electron chi connectivity index (χ4n) is 1.20. The van der Waals surface area contributed by atoms with Gasteiger partial charge in [0.1, 0.15) is 0 Å². The molecule has 0 aliphatic heterocycles. The first-order valence-electron chi connectivity index (χ1n) is 5.55. The summed E-state index contributed by atoms with van der Waals surface area (Å²) in [6.45, 7) is 2.69. The second-order valence-corrected chi connectivity index (χ2v) is 5.90. The molecule has 0 aliphatic rings. The summed E-state index contributed by atoms with van der Waals surface area (Å²) in [5, 5.41) is 3.76. The first-order valence-corrected chi connectivity index (χ1v) is 7.46. The number of amides is 1. The van der Waals surface area contributed by atoms with Crippen LogP contribution in [0.25, 0.3) is 0 Å². The van der Waals surface area contributed by atoms with Crippen molar-refractivity contribution in [2.24, 2.45) is 11.7 Å². The Morgan fingerprint density at radius 3 is 2.89 bits per heavy atom. The lowest BCUT2D eigenvalue weighted by Crippen LogP contribution is -2.17. The first kappa shape index (κ1) is 15.6. The van der Waals surface area contributed by atoms with Crippen LogP contribution in [-0.4, -0.2) is 24.0 Å². The highest BCUT2D eigenvalue weighted by Gasteiger charge is 2.07. The second kappa shape index (κ2) is 7.89. The van der Waals surface area contributed by atoms with Crippen molar-refractivity contribution in [3.05, 3.63) is 28.2 Å². The maximum absolute atomic E-state index is 11.7. The lowest BCUT2D eigenvalue weighted by molar-refractivity contribution is -0.113. The molecule has 0 heterocycles. The van der Waals surface area contributed by atoms with E-state index in [1.807, 2.05) is 0 Å². The largest absolute Gasteiger partial charge is 0.330 e. The minimum absolute atomic E-state index is 0.0895. The van der Waals surface area contributed by atoms with Crippen LogP contribution in [0.2, 0.25) is 10.0 Å². The van der Waals surface area contributed by atoms with Gasteiger partial charge in [-0.15, -0.1) is 0 Å². The van der Waals surface area contributed by atoms with Crippen molar-refractivity contribution in [2.45, 2.75) is 6.92 Å². The van der Waals surface area contributed by atoms with Crippen LogP contribution in [0.3, 0.4) is 0 Å². The molecule has 3 N–H and O–H groups in total. The number of carbonyl (C=O) groups is 1. The summed E-state index contributed by atoms with van der Waals surface area (Å²) in [7, 11) is 0. The van der Waals surface area contributed by atoms with E-state index in [1.54, 1.807) is 30.0 Å². The average molecular weight is 307 g/mol. The van der Waals surface area contributed by atoms with Gasteiger partial charge in [0.15, 0.2) is 0 Å². The highest BCUT2D eigenvalue weighted by atomic mass is 35.5. The van der Waals surface area contributed by atoms with Crippen molar-refractivity contribution in [1.29, 1.82) is 0 Å². The van der Waals surface area contributed by atoms with Gasteiger partial charge in [0.05, 0.1) is 16.5 Å². The van der Waals surface area contributed by atoms with Crippen LogP contribution in [0, 0.1) is 5.92 Å². The third-order valence-corrected chi connectivity index (χ3v) is 4.08. The lowest BCUT2D eigenvalue weighted by Gasteiger charge is -2.09. The quantitative estimate of drug-likeness (QED) is 0.848. The number of thioether (sulfide) groups is 1. The standard InChI is InChI=1S/C12H16Cl2N2OS/c1-8(5-15)6-18-7-12(17)16-11-4-9(13)2-3-10(11)14/h2-4,8H,5-7,15H2,1H3,(H,16,17). The van der Waals surface area contributed by atoms with Crippen molar-refractivity contribution >= 4 is 46.6 Å². The third-order valence-electron chi connectivity index (χ3n) is 2.24. The third kappa shape index (κ3) is 5.48. The molecular weight excluding hydrogens is 291 g/mol. The maximum atomic E-state index is 11.7. The first-order chi connectivity index (χ1) is 8.52. The predicted molar refractivity (Wildman–Crippen MR) is 80.6 cm³/mol. The Morgan fingerprint density at radius 1 is 1.50 bits per heavy atom. The number of hydrogen-bond acceptors (Lipinski definition) is 3. The zero-order valence-corrected chi connectivity index (χ0v) is 12.4. The molecule has 6 heteroatoms. The Balaban J connectivity index is 2.42. The number of halogens is 2. The van der Waals surface area contributed by atoms with E-state index in [1.165, 1.54) is 0 Å². The van der Waals surface area contributed by atoms with Gasteiger partial charge in [-0.1, -0.05) is 30.1 Å². The van der Waals surface area contributed by atoms with Crippen LogP contribution in [0.1, 0.15) is 6.92 Å². The summed E-state index contributed by atoms with van der Waals surface area (Å²) in [4.78, 5) is 11.7. The molecule has 0 aromatic heterocycles. The van der Waals surface area contributed by atoms with E-state index in [9.17, 15) is 4.79 Å². The number of benzene rings is 1. The molecule has 1 aromatic rings. The van der Waals surface area contributed by atoms with E-state index in [-0.39, 0.29) is 5.91 Å². The summed E-state index contributed by atoms with van der Waals surface area (Å²) in [5.74, 6) is 1.58. The minimum Gasteiger partial charge on any atom is -0.330 e. The van der Waals surface area contributed by atoms with Gasteiger partial charge in [0.2, 0.25) is 5.91 Å². The second-order valence-electron chi connectivity index (χ2n) is 4.03. The molecule has 1 atom stereocenters. The molecule has 100 valence electrons. The van der Waals surface area contributed by atoms with Crippen LogP contribution in [0.5, 0.6) is 0 Å². The maximum Gasteiger partial charge on any atom is 0.234 e. The fraction of sp³-hybridized carbons (Fsp3) is 0.417. The van der Waals surface area contributed by atoms with Crippen molar-refractivity contribution in [1.82, 2.24) is 0 Å². The van der Waals surface area contributed by atoms with Crippen LogP contribution < -0.4 is 11.1 Å². The molecule has 0 aliphatic carbocycles. The smallest absolute Gasteiger partial charge is 0.234 e. The lowest BCUT2D eigenvalue weighted by atomic mass is 10.2. The molecule has 0 saturated heterocycles. The zero-order chi connectivity index (χ0) is 13.5. The molecule has 0 fully saturated rings. The van der Waals surface area contributed by atoms with Gasteiger partial charge in [-0.25, -0.2) is 0 Å². The molecule has 1 rings (SSSR count). The van der Waals surface area contributed by atoms with Crippen molar-refractivity contribution in [2.75, 3.05) is 23.4 Å². The van der Waals surface area contributed by atoms with Crippen molar-refractivity contribution in [3.63, 3.8) is 0 Å². The van der Waals surface area contributed by atoms with Crippen molar-refractivity contribution in [3.8, 4) is 0 Å². The van der Waals surface area contributed by atoms with Gasteiger partial charge >= 0.3 is 0 Å². The summed E-state index contributed by atoms with van der Waals surface area (Å²) in [6.07, 6.45) is 0. The monoisotopic (exact) mass is 306 g/mol. The summed E-state index contributed by atoms with van der Waals surface area (Å²) in [6, 6.07) is 4.97. The van der Waals surface area contributed by atoms with Gasteiger partial charge in [0.25, 0.3) is 0 Å². The predicted octanol–water partition coefficient (Wildman–Crippen LogP) is 3.26. The van der Waals surface area contributed by atoms with Crippen molar-refractivity contribution < 1.29 is 4.79 Å². The van der Waals surface area contributed by atoms with Gasteiger partial charge in [-0.05, 0) is 36.4 Å². The summed E-state index contributed by atoms with van der Waals surface area (Å²) >= 11 is 13.3. The topological polar surface area (TPSA) is 55.1 Å². The SMILES string of the molecule is CC(CN)CSCC(=O)Nc1cc(Cl)ccc1Cl. The Kier molecular flexibility index (Phi) is 6.86. The van der Waals surface area contributed by atoms with Gasteiger partial charge in [-0.2, -0.15) is 11.8 Å². The van der Waals surface area contributed by atoms with Crippen LogP contribution in [0.15, 0.2) is 18.2 Å². The fourth-order valence-corrected chi connectivity index (χ4v) is 2.45. The minimum atomic E-state index is -0.0895. The molecule has 3 nitrogen and oxygen atoms in total. The van der Waals surface area contributed by atoms with E-state index in [2.05, 4.69) is 12.2 Å². The van der Waals surface area contributed by atoms with E-state index in [0.29, 0.717) is 33.9 Å². The zero-order valence-electron chi connectivity index (χ0n) is 10.1. The average Bonchev–Trinajstić information content (AvgIpc) is 2.33. The number of hydrogen-bond donors (Lipinski definition) is 2. The number of carbonyl (C=O) groups excluding carboxylic acids is 1. The normalized spacial score (nSPS) is 12.2. The van der Waals surface area contributed by atoms with E-state index < -0.39 is 0 Å². The highest BCUT2D eigenvalue weighted by Crippen LogP contribution is 2.25. The molecule has 1 unspecified atom stereocenters. The number of nitrogens with two attached hydrogens (primary N) is 1. The number of anilines is 1. The van der Waals surface area contributed by atoms with E-state index >= 15 is 0 Å². The number of nitrogens with one attached hydrogen (secondary N) is 1. The Hall–Kier alpha value is -0.420. The molecule has 18 heavy (non-hydrogen) atoms. The van der Waals surface area contributed by atoms with Crippen LogP contribution in [-0.2, 0) is 4.79 Å². The van der Waals surface area contributed by atoms with Gasteiger partial charge in [0, 0.05) is 5.02 Å². The Bertz CT molecular complexity index is 415. The van der Waals surface area contributed by atoms with Crippen LogP contribution >= 0.6 is 35.0 Å². The number of rotatable bonds is 6. The van der Waals surface area contributed by atoms with Gasteiger partial charge < -0.3 is 11.1 Å². The molecule has 0 radical (unpaired) electrons. The van der Waals surface area contributed by atoms with E-state index in [4.69, 9.17) is 28.9 Å². The molecular formula is C12H16Cl2N2OS. The highest BCUT2D eigenvalue weighted by molar-refractivity contribution is 7.99. The van der Waals surface area contributed by atoms with Crippen LogP contribution in [0.4, 0.5) is 5.69 Å². The summed E-state index contributed by atoms with van der Waals surface area (Å²) in [5.41, 5.74) is 6.05. The molecule has 1 aromatic carbocycles. The van der Waals surface area contributed by atoms with E-state index in [0.717, 1.165) is 5.75 Å². The molecule has 0 bridgehead atoms. The molecule has 0 spiro atoms. The Labute approximate surface area is 121 Å². The summed E-state index contributed by atoms with van der Waals surface area (Å²) < 4.78 is 0. The van der Waals surface area contributed by atoms with Gasteiger partial charge in [-0.3, -0.25) is 4.79 Å². The Morgan fingerprint density at radius 2 is 2.22 bits per heavy atom. The molecule has 1 amide bonds.